The molecule has 1 aromatic carbocycles. The van der Waals surface area contributed by atoms with E-state index in [1.807, 2.05) is 0 Å². The molecule has 2 rings (SSSR count). The molecule has 0 saturated carbocycles. The fourth-order valence-electron chi connectivity index (χ4n) is 2.24. The van der Waals surface area contributed by atoms with Gasteiger partial charge in [-0.05, 0) is 49.5 Å². The highest BCUT2D eigenvalue weighted by atomic mass is 35.5. The summed E-state index contributed by atoms with van der Waals surface area (Å²) < 4.78 is 39.0. The summed E-state index contributed by atoms with van der Waals surface area (Å²) >= 11 is 0. The fraction of sp³-hybridized carbons (Fsp3) is 0.500. The lowest BCUT2D eigenvalue weighted by Gasteiger charge is -2.28. The molecular weight excluding hydrogens is 265 g/mol. The molecule has 1 heterocycles. The molecule has 0 aliphatic carbocycles. The van der Waals surface area contributed by atoms with Crippen molar-refractivity contribution in [3.63, 3.8) is 0 Å². The smallest absolute Gasteiger partial charge is 0.194 e. The van der Waals surface area contributed by atoms with Crippen molar-refractivity contribution in [3.8, 4) is 0 Å². The van der Waals surface area contributed by atoms with Crippen molar-refractivity contribution in [1.29, 1.82) is 0 Å². The van der Waals surface area contributed by atoms with Crippen LogP contribution in [0.4, 0.5) is 13.2 Å². The van der Waals surface area contributed by atoms with Crippen molar-refractivity contribution < 1.29 is 13.2 Å². The van der Waals surface area contributed by atoms with Crippen molar-refractivity contribution in [2.75, 3.05) is 13.1 Å². The molecular formula is C12H16ClF3N2. The molecule has 102 valence electrons. The van der Waals surface area contributed by atoms with Crippen molar-refractivity contribution >= 4 is 12.4 Å². The third-order valence-electron chi connectivity index (χ3n) is 3.28. The van der Waals surface area contributed by atoms with Crippen LogP contribution in [0, 0.1) is 23.4 Å². The maximum absolute atomic E-state index is 13.1. The number of rotatable bonds is 2. The molecule has 18 heavy (non-hydrogen) atoms. The van der Waals surface area contributed by atoms with Crippen molar-refractivity contribution in [2.45, 2.75) is 18.9 Å². The molecule has 0 bridgehead atoms. The van der Waals surface area contributed by atoms with Crippen LogP contribution in [0.1, 0.15) is 24.4 Å². The van der Waals surface area contributed by atoms with Crippen molar-refractivity contribution in [3.05, 3.63) is 35.1 Å². The molecule has 1 aromatic rings. The van der Waals surface area contributed by atoms with Crippen LogP contribution in [0.25, 0.3) is 0 Å². The van der Waals surface area contributed by atoms with Crippen LogP contribution in [0.3, 0.4) is 0 Å². The predicted molar refractivity (Wildman–Crippen MR) is 66.1 cm³/mol. The first-order chi connectivity index (χ1) is 8.09. The number of hydrogen-bond donors (Lipinski definition) is 2. The topological polar surface area (TPSA) is 38.0 Å². The van der Waals surface area contributed by atoms with Gasteiger partial charge in [-0.15, -0.1) is 12.4 Å². The maximum Gasteiger partial charge on any atom is 0.194 e. The van der Waals surface area contributed by atoms with Gasteiger partial charge in [-0.1, -0.05) is 0 Å². The summed E-state index contributed by atoms with van der Waals surface area (Å²) in [6.45, 7) is 1.70. The molecule has 0 unspecified atom stereocenters. The van der Waals surface area contributed by atoms with Gasteiger partial charge in [-0.3, -0.25) is 0 Å². The molecule has 1 aliphatic heterocycles. The van der Waals surface area contributed by atoms with Gasteiger partial charge in [0.15, 0.2) is 17.5 Å². The molecule has 6 heteroatoms. The van der Waals surface area contributed by atoms with Crippen LogP contribution in [-0.4, -0.2) is 13.1 Å². The van der Waals surface area contributed by atoms with E-state index in [2.05, 4.69) is 5.32 Å². The first-order valence-electron chi connectivity index (χ1n) is 5.70. The molecule has 3 N–H and O–H groups in total. The highest BCUT2D eigenvalue weighted by molar-refractivity contribution is 5.85. The van der Waals surface area contributed by atoms with Crippen LogP contribution >= 0.6 is 12.4 Å². The van der Waals surface area contributed by atoms with Gasteiger partial charge in [0.25, 0.3) is 0 Å². The minimum absolute atomic E-state index is 0. The van der Waals surface area contributed by atoms with E-state index in [9.17, 15) is 13.2 Å². The monoisotopic (exact) mass is 280 g/mol. The highest BCUT2D eigenvalue weighted by Gasteiger charge is 2.23. The first kappa shape index (κ1) is 15.3. The Hall–Kier alpha value is -0.780. The number of benzene rings is 1. The van der Waals surface area contributed by atoms with Gasteiger partial charge in [0.2, 0.25) is 0 Å². The minimum Gasteiger partial charge on any atom is -0.324 e. The summed E-state index contributed by atoms with van der Waals surface area (Å²) in [6.07, 6.45) is 1.73. The summed E-state index contributed by atoms with van der Waals surface area (Å²) in [5.41, 5.74) is 6.30. The number of nitrogens with one attached hydrogen (secondary N) is 1. The lowest BCUT2D eigenvalue weighted by Crippen LogP contribution is -2.33. The third-order valence-corrected chi connectivity index (χ3v) is 3.28. The second kappa shape index (κ2) is 6.41. The second-order valence-corrected chi connectivity index (χ2v) is 4.41. The van der Waals surface area contributed by atoms with E-state index in [4.69, 9.17) is 5.73 Å². The Kier molecular flexibility index (Phi) is 5.44. The quantitative estimate of drug-likeness (QED) is 0.817. The average Bonchev–Trinajstić information content (AvgIpc) is 2.35. The zero-order chi connectivity index (χ0) is 12.4. The summed E-state index contributed by atoms with van der Waals surface area (Å²) in [7, 11) is 0. The van der Waals surface area contributed by atoms with Crippen LogP contribution in [0.2, 0.25) is 0 Å². The number of nitrogens with two attached hydrogens (primary N) is 1. The first-order valence-corrected chi connectivity index (χ1v) is 5.70. The minimum atomic E-state index is -1.44. The van der Waals surface area contributed by atoms with Gasteiger partial charge in [0.05, 0.1) is 0 Å². The summed E-state index contributed by atoms with van der Waals surface area (Å²) in [5, 5.41) is 3.19. The second-order valence-electron chi connectivity index (χ2n) is 4.41. The molecule has 0 amide bonds. The van der Waals surface area contributed by atoms with Crippen LogP contribution in [-0.2, 0) is 0 Å². The van der Waals surface area contributed by atoms with Crippen LogP contribution in [0.5, 0.6) is 0 Å². The van der Waals surface area contributed by atoms with E-state index in [1.165, 1.54) is 0 Å². The molecule has 2 nitrogen and oxygen atoms in total. The van der Waals surface area contributed by atoms with Crippen LogP contribution in [0.15, 0.2) is 12.1 Å². The van der Waals surface area contributed by atoms with Crippen LogP contribution < -0.4 is 11.1 Å². The SMILES string of the molecule is Cl.N[C@@H](c1cc(F)c(F)c(F)c1)C1CCNCC1. The molecule has 1 atom stereocenters. The lowest BCUT2D eigenvalue weighted by atomic mass is 9.86. The standard InChI is InChI=1S/C12H15F3N2.ClH/c13-9-5-8(6-10(14)11(9)15)12(16)7-1-3-17-4-2-7;/h5-7,12,17H,1-4,16H2;1H/t12-;/m1./s1. The van der Waals surface area contributed by atoms with E-state index in [1.54, 1.807) is 0 Å². The summed E-state index contributed by atoms with van der Waals surface area (Å²) in [6, 6.07) is 1.54. The normalized spacial score (nSPS) is 18.2. The zero-order valence-electron chi connectivity index (χ0n) is 9.76. The average molecular weight is 281 g/mol. The zero-order valence-corrected chi connectivity index (χ0v) is 10.6. The van der Waals surface area contributed by atoms with Gasteiger partial charge in [0.1, 0.15) is 0 Å². The molecule has 1 aliphatic rings. The molecule has 0 aromatic heterocycles. The third kappa shape index (κ3) is 3.16. The van der Waals surface area contributed by atoms with E-state index in [0.717, 1.165) is 38.1 Å². The Labute approximate surface area is 110 Å². The summed E-state index contributed by atoms with van der Waals surface area (Å²) in [5.74, 6) is -3.61. The van der Waals surface area contributed by atoms with Gasteiger partial charge < -0.3 is 11.1 Å². The van der Waals surface area contributed by atoms with Gasteiger partial charge >= 0.3 is 0 Å². The van der Waals surface area contributed by atoms with Gasteiger partial charge in [-0.25, -0.2) is 13.2 Å². The number of hydrogen-bond acceptors (Lipinski definition) is 2. The Morgan fingerprint density at radius 1 is 1.11 bits per heavy atom. The van der Waals surface area contributed by atoms with Gasteiger partial charge in [0, 0.05) is 6.04 Å². The Balaban J connectivity index is 0.00000162. The Morgan fingerprint density at radius 2 is 1.61 bits per heavy atom. The van der Waals surface area contributed by atoms with E-state index >= 15 is 0 Å². The van der Waals surface area contributed by atoms with Crippen molar-refractivity contribution in [1.82, 2.24) is 5.32 Å². The van der Waals surface area contributed by atoms with Crippen molar-refractivity contribution in [2.24, 2.45) is 11.7 Å². The maximum atomic E-state index is 13.1. The van der Waals surface area contributed by atoms with Gasteiger partial charge in [-0.2, -0.15) is 0 Å². The molecule has 1 fully saturated rings. The Bertz CT molecular complexity index is 385. The number of piperidine rings is 1. The molecule has 0 spiro atoms. The largest absolute Gasteiger partial charge is 0.324 e. The highest BCUT2D eigenvalue weighted by Crippen LogP contribution is 2.28. The summed E-state index contributed by atoms with van der Waals surface area (Å²) in [4.78, 5) is 0. The fourth-order valence-corrected chi connectivity index (χ4v) is 2.24. The molecule has 0 radical (unpaired) electrons. The molecule has 1 saturated heterocycles. The lowest BCUT2D eigenvalue weighted by molar-refractivity contribution is 0.320. The Morgan fingerprint density at radius 3 is 2.11 bits per heavy atom. The number of halogens is 4. The van der Waals surface area contributed by atoms with E-state index < -0.39 is 23.5 Å². The van der Waals surface area contributed by atoms with E-state index in [0.29, 0.717) is 5.56 Å². The predicted octanol–water partition coefficient (Wildman–Crippen LogP) is 2.53. The van der Waals surface area contributed by atoms with E-state index in [-0.39, 0.29) is 18.3 Å².